The van der Waals surface area contributed by atoms with Crippen LogP contribution in [-0.4, -0.2) is 23.3 Å². The second-order valence-electron chi connectivity index (χ2n) is 6.48. The van der Waals surface area contributed by atoms with Gasteiger partial charge in [0.15, 0.2) is 0 Å². The molecule has 3 rings (SSSR count). The van der Waals surface area contributed by atoms with Gasteiger partial charge in [-0.25, -0.2) is 0 Å². The van der Waals surface area contributed by atoms with E-state index in [1.54, 1.807) is 18.0 Å². The number of carbonyl (C=O) groups excluding carboxylic acids is 2. The van der Waals surface area contributed by atoms with Crippen LogP contribution in [0.4, 0.5) is 5.69 Å². The molecule has 0 aliphatic carbocycles. The summed E-state index contributed by atoms with van der Waals surface area (Å²) < 4.78 is 0. The van der Waals surface area contributed by atoms with Gasteiger partial charge >= 0.3 is 0 Å². The highest BCUT2D eigenvalue weighted by Gasteiger charge is 2.06. The molecule has 0 spiro atoms. The average molecular weight is 406 g/mol. The van der Waals surface area contributed by atoms with E-state index < -0.39 is 0 Å². The minimum atomic E-state index is -0.124. The molecular weight excluding hydrogens is 382 g/mol. The van der Waals surface area contributed by atoms with Crippen molar-refractivity contribution >= 4 is 29.3 Å². The summed E-state index contributed by atoms with van der Waals surface area (Å²) in [7, 11) is 0. The number of pyridine rings is 1. The van der Waals surface area contributed by atoms with Gasteiger partial charge in [-0.1, -0.05) is 36.4 Å². The van der Waals surface area contributed by atoms with Gasteiger partial charge in [-0.3, -0.25) is 14.6 Å². The first-order valence-corrected chi connectivity index (χ1v) is 10.4. The van der Waals surface area contributed by atoms with Crippen molar-refractivity contribution < 1.29 is 9.59 Å². The van der Waals surface area contributed by atoms with E-state index in [0.29, 0.717) is 13.0 Å². The van der Waals surface area contributed by atoms with E-state index in [-0.39, 0.29) is 18.2 Å². The number of benzene rings is 2. The van der Waals surface area contributed by atoms with Crippen LogP contribution in [0.5, 0.6) is 0 Å². The molecule has 2 aromatic carbocycles. The van der Waals surface area contributed by atoms with Crippen molar-refractivity contribution in [3.05, 3.63) is 90.3 Å². The Kier molecular flexibility index (Phi) is 7.83. The molecule has 0 atom stereocenters. The number of thioether (sulfide) groups is 1. The van der Waals surface area contributed by atoms with Crippen molar-refractivity contribution in [2.24, 2.45) is 0 Å². The number of hydrogen-bond acceptors (Lipinski definition) is 4. The number of nitrogens with zero attached hydrogens (tertiary/aromatic N) is 1. The predicted molar refractivity (Wildman–Crippen MR) is 117 cm³/mol. The molecule has 1 heterocycles. The van der Waals surface area contributed by atoms with Crippen LogP contribution >= 0.6 is 11.8 Å². The Morgan fingerprint density at radius 3 is 2.34 bits per heavy atom. The highest BCUT2D eigenvalue weighted by molar-refractivity contribution is 7.98. The molecule has 148 valence electrons. The van der Waals surface area contributed by atoms with Crippen LogP contribution in [0.25, 0.3) is 0 Å². The quantitative estimate of drug-likeness (QED) is 0.527. The summed E-state index contributed by atoms with van der Waals surface area (Å²) in [6, 6.07) is 21.3. The maximum Gasteiger partial charge on any atom is 0.226 e. The van der Waals surface area contributed by atoms with Crippen molar-refractivity contribution in [3.8, 4) is 0 Å². The summed E-state index contributed by atoms with van der Waals surface area (Å²) in [5.41, 5.74) is 2.87. The third-order valence-electron chi connectivity index (χ3n) is 4.15. The van der Waals surface area contributed by atoms with Crippen LogP contribution in [0.3, 0.4) is 0 Å². The number of rotatable bonds is 9. The van der Waals surface area contributed by atoms with Crippen LogP contribution in [0.15, 0.2) is 84.0 Å². The minimum absolute atomic E-state index is 0.0843. The molecule has 2 N–H and O–H groups in total. The molecular formula is C23H23N3O2S. The maximum atomic E-state index is 12.1. The smallest absolute Gasteiger partial charge is 0.226 e. The Balaban J connectivity index is 1.36. The Hall–Kier alpha value is -3.12. The van der Waals surface area contributed by atoms with Crippen LogP contribution in [0.2, 0.25) is 0 Å². The van der Waals surface area contributed by atoms with E-state index in [2.05, 4.69) is 15.6 Å². The largest absolute Gasteiger partial charge is 0.355 e. The molecule has 0 saturated heterocycles. The van der Waals surface area contributed by atoms with Gasteiger partial charge in [0.1, 0.15) is 0 Å². The fourth-order valence-electron chi connectivity index (χ4n) is 2.67. The average Bonchev–Trinajstić information content (AvgIpc) is 2.75. The maximum absolute atomic E-state index is 12.1. The molecule has 6 heteroatoms. The number of hydrogen-bond donors (Lipinski definition) is 2. The molecule has 0 fully saturated rings. The Labute approximate surface area is 175 Å². The van der Waals surface area contributed by atoms with Gasteiger partial charge in [-0.05, 0) is 41.5 Å². The molecule has 0 aliphatic heterocycles. The first kappa shape index (κ1) is 20.6. The lowest BCUT2D eigenvalue weighted by Crippen LogP contribution is -2.28. The summed E-state index contributed by atoms with van der Waals surface area (Å²) in [6.07, 6.45) is 4.18. The lowest BCUT2D eigenvalue weighted by molar-refractivity contribution is -0.120. The van der Waals surface area contributed by atoms with E-state index in [1.165, 1.54) is 5.56 Å². The van der Waals surface area contributed by atoms with Crippen molar-refractivity contribution in [2.75, 3.05) is 11.9 Å². The van der Waals surface area contributed by atoms with Gasteiger partial charge in [-0.15, -0.1) is 11.8 Å². The van der Waals surface area contributed by atoms with Crippen LogP contribution in [0, 0.1) is 0 Å². The van der Waals surface area contributed by atoms with Gasteiger partial charge < -0.3 is 10.6 Å². The van der Waals surface area contributed by atoms with E-state index in [1.807, 2.05) is 72.9 Å². The van der Waals surface area contributed by atoms with E-state index in [4.69, 9.17) is 0 Å². The summed E-state index contributed by atoms with van der Waals surface area (Å²) in [6.45, 7) is 0.316. The Bertz CT molecular complexity index is 916. The molecule has 0 aliphatic rings. The monoisotopic (exact) mass is 405 g/mol. The minimum Gasteiger partial charge on any atom is -0.355 e. The number of carbonyl (C=O) groups is 2. The molecule has 29 heavy (non-hydrogen) atoms. The lowest BCUT2D eigenvalue weighted by atomic mass is 10.1. The normalized spacial score (nSPS) is 10.3. The zero-order valence-electron chi connectivity index (χ0n) is 16.0. The van der Waals surface area contributed by atoms with Crippen molar-refractivity contribution in [2.45, 2.75) is 23.5 Å². The Morgan fingerprint density at radius 1 is 0.862 bits per heavy atom. The van der Waals surface area contributed by atoms with Gasteiger partial charge in [0.2, 0.25) is 11.8 Å². The number of amides is 2. The first-order valence-electron chi connectivity index (χ1n) is 9.41. The number of anilines is 1. The van der Waals surface area contributed by atoms with Crippen molar-refractivity contribution in [3.63, 3.8) is 0 Å². The SMILES string of the molecule is O=C(Cc1ccccc1)NCCC(=O)Nc1ccc(SCc2cccnc2)cc1. The molecule has 1 aromatic heterocycles. The van der Waals surface area contributed by atoms with E-state index in [9.17, 15) is 9.59 Å². The fourth-order valence-corrected chi connectivity index (χ4v) is 3.50. The van der Waals surface area contributed by atoms with Crippen molar-refractivity contribution in [1.29, 1.82) is 0 Å². The fraction of sp³-hybridized carbons (Fsp3) is 0.174. The van der Waals surface area contributed by atoms with E-state index in [0.717, 1.165) is 21.9 Å². The number of aromatic nitrogens is 1. The molecule has 0 unspecified atom stereocenters. The van der Waals surface area contributed by atoms with E-state index >= 15 is 0 Å². The molecule has 0 bridgehead atoms. The molecule has 0 saturated carbocycles. The highest BCUT2D eigenvalue weighted by atomic mass is 32.2. The number of nitrogens with one attached hydrogen (secondary N) is 2. The molecule has 3 aromatic rings. The van der Waals surface area contributed by atoms with Crippen molar-refractivity contribution in [1.82, 2.24) is 10.3 Å². The summed E-state index contributed by atoms with van der Waals surface area (Å²) in [5, 5.41) is 5.64. The predicted octanol–water partition coefficient (Wildman–Crippen LogP) is 4.06. The highest BCUT2D eigenvalue weighted by Crippen LogP contribution is 2.23. The second-order valence-corrected chi connectivity index (χ2v) is 7.53. The molecule has 5 nitrogen and oxygen atoms in total. The van der Waals surface area contributed by atoms with Gasteiger partial charge in [-0.2, -0.15) is 0 Å². The summed E-state index contributed by atoms with van der Waals surface area (Å²) in [5.74, 6) is 0.641. The standard InChI is InChI=1S/C23H23N3O2S/c27-22(12-14-25-23(28)15-18-5-2-1-3-6-18)26-20-8-10-21(11-9-20)29-17-19-7-4-13-24-16-19/h1-11,13,16H,12,14-15,17H2,(H,25,28)(H,26,27). The van der Waals surface area contributed by atoms with Gasteiger partial charge in [0.05, 0.1) is 6.42 Å². The zero-order valence-corrected chi connectivity index (χ0v) is 16.8. The summed E-state index contributed by atoms with van der Waals surface area (Å²) in [4.78, 5) is 29.2. The third-order valence-corrected chi connectivity index (χ3v) is 5.23. The van der Waals surface area contributed by atoms with Gasteiger partial charge in [0, 0.05) is 41.7 Å². The van der Waals surface area contributed by atoms with Crippen LogP contribution in [-0.2, 0) is 21.8 Å². The second kappa shape index (κ2) is 11.0. The lowest BCUT2D eigenvalue weighted by Gasteiger charge is -2.08. The zero-order chi connectivity index (χ0) is 20.3. The molecule has 2 amide bonds. The Morgan fingerprint density at radius 2 is 1.62 bits per heavy atom. The van der Waals surface area contributed by atoms with Gasteiger partial charge in [0.25, 0.3) is 0 Å². The molecule has 0 radical (unpaired) electrons. The first-order chi connectivity index (χ1) is 14.2. The third kappa shape index (κ3) is 7.43. The van der Waals surface area contributed by atoms with Crippen LogP contribution in [0.1, 0.15) is 17.5 Å². The summed E-state index contributed by atoms with van der Waals surface area (Å²) >= 11 is 1.72. The van der Waals surface area contributed by atoms with Crippen LogP contribution < -0.4 is 10.6 Å². The topological polar surface area (TPSA) is 71.1 Å².